The number of anilines is 1. The van der Waals surface area contributed by atoms with Crippen LogP contribution < -0.4 is 5.32 Å². The van der Waals surface area contributed by atoms with E-state index in [9.17, 15) is 4.79 Å². The molecule has 2 aromatic carbocycles. The van der Waals surface area contributed by atoms with Gasteiger partial charge in [-0.25, -0.2) is 4.98 Å². The number of aromatic nitrogens is 6. The van der Waals surface area contributed by atoms with E-state index in [0.29, 0.717) is 16.9 Å². The Morgan fingerprint density at radius 1 is 1.11 bits per heavy atom. The largest absolute Gasteiger partial charge is 0.329 e. The maximum absolute atomic E-state index is 12.7. The average Bonchev–Trinajstić information content (AvgIpc) is 3.36. The third-order valence-electron chi connectivity index (χ3n) is 3.84. The van der Waals surface area contributed by atoms with Gasteiger partial charge in [0.05, 0.1) is 11.3 Å². The van der Waals surface area contributed by atoms with Gasteiger partial charge in [0.15, 0.2) is 5.16 Å². The summed E-state index contributed by atoms with van der Waals surface area (Å²) in [5.74, 6) is -0.231. The maximum Gasteiger partial charge on any atom is 0.257 e. The van der Waals surface area contributed by atoms with Crippen LogP contribution in [0.5, 0.6) is 0 Å². The molecule has 9 heteroatoms. The molecule has 0 fully saturated rings. The van der Waals surface area contributed by atoms with Gasteiger partial charge in [-0.2, -0.15) is 4.68 Å². The molecule has 0 aliphatic rings. The minimum atomic E-state index is -0.231. The first-order valence-corrected chi connectivity index (χ1v) is 8.91. The first-order valence-electron chi connectivity index (χ1n) is 8.10. The number of tetrazole rings is 1. The van der Waals surface area contributed by atoms with Crippen LogP contribution in [0.4, 0.5) is 5.69 Å². The number of imidazole rings is 1. The summed E-state index contributed by atoms with van der Waals surface area (Å²) >= 11 is 1.56. The van der Waals surface area contributed by atoms with Crippen molar-refractivity contribution < 1.29 is 4.79 Å². The van der Waals surface area contributed by atoms with Crippen LogP contribution in [0.25, 0.3) is 5.69 Å². The molecule has 0 atom stereocenters. The number of benzene rings is 2. The maximum atomic E-state index is 12.7. The second-order valence-electron chi connectivity index (χ2n) is 5.67. The molecule has 0 saturated carbocycles. The van der Waals surface area contributed by atoms with Gasteiger partial charge in [-0.1, -0.05) is 23.9 Å². The number of hydrogen-bond donors (Lipinski definition) is 1. The molecule has 2 aromatic heterocycles. The molecular weight excluding hydrogens is 362 g/mol. The molecule has 1 N–H and O–H groups in total. The molecular formula is C18H15N7OS. The van der Waals surface area contributed by atoms with E-state index in [1.165, 1.54) is 11.0 Å². The highest BCUT2D eigenvalue weighted by atomic mass is 32.2. The van der Waals surface area contributed by atoms with E-state index in [1.807, 2.05) is 48.1 Å². The van der Waals surface area contributed by atoms with Crippen molar-refractivity contribution in [2.75, 3.05) is 5.32 Å². The fraction of sp³-hybridized carbons (Fsp3) is 0.0556. The number of carbonyl (C=O) groups excluding carboxylic acids is 1. The molecule has 0 saturated heterocycles. The Kier molecular flexibility index (Phi) is 4.67. The highest BCUT2D eigenvalue weighted by Crippen LogP contribution is 2.27. The summed E-state index contributed by atoms with van der Waals surface area (Å²) in [5, 5.41) is 14.9. The molecule has 27 heavy (non-hydrogen) atoms. The van der Waals surface area contributed by atoms with Crippen LogP contribution in [0.1, 0.15) is 10.4 Å². The predicted octanol–water partition coefficient (Wildman–Crippen LogP) is 2.80. The Balaban J connectivity index is 1.50. The summed E-state index contributed by atoms with van der Waals surface area (Å²) in [4.78, 5) is 18.0. The molecule has 0 spiro atoms. The van der Waals surface area contributed by atoms with E-state index in [0.717, 1.165) is 10.1 Å². The quantitative estimate of drug-likeness (QED) is 0.575. The summed E-state index contributed by atoms with van der Waals surface area (Å²) in [6, 6.07) is 14.8. The van der Waals surface area contributed by atoms with Crippen molar-refractivity contribution in [3.63, 3.8) is 0 Å². The first kappa shape index (κ1) is 17.0. The fourth-order valence-corrected chi connectivity index (χ4v) is 3.30. The Labute approximate surface area is 159 Å². The molecule has 0 aliphatic heterocycles. The normalized spacial score (nSPS) is 10.7. The standard InChI is InChI=1S/C18H15N7OS/c1-24-11-10-19-18(24)27-14-8-6-13(7-9-14)21-17(26)15-4-2-3-5-16(15)25-12-20-22-23-25/h2-12H,1H3,(H,21,26). The molecule has 1 amide bonds. The van der Waals surface area contributed by atoms with E-state index >= 15 is 0 Å². The van der Waals surface area contributed by atoms with Gasteiger partial charge < -0.3 is 9.88 Å². The van der Waals surface area contributed by atoms with E-state index in [1.54, 1.807) is 36.2 Å². The third-order valence-corrected chi connectivity index (χ3v) is 4.93. The van der Waals surface area contributed by atoms with Crippen LogP contribution in [-0.2, 0) is 7.05 Å². The monoisotopic (exact) mass is 377 g/mol. The van der Waals surface area contributed by atoms with Gasteiger partial charge in [-0.05, 0) is 46.8 Å². The summed E-state index contributed by atoms with van der Waals surface area (Å²) in [6.07, 6.45) is 5.12. The molecule has 4 aromatic rings. The highest BCUT2D eigenvalue weighted by Gasteiger charge is 2.13. The Morgan fingerprint density at radius 3 is 2.63 bits per heavy atom. The zero-order valence-corrected chi connectivity index (χ0v) is 15.2. The van der Waals surface area contributed by atoms with Crippen molar-refractivity contribution in [3.8, 4) is 5.69 Å². The Bertz CT molecular complexity index is 1060. The van der Waals surface area contributed by atoms with Crippen molar-refractivity contribution in [3.05, 3.63) is 72.8 Å². The number of carbonyl (C=O) groups is 1. The second-order valence-corrected chi connectivity index (χ2v) is 6.71. The number of nitrogens with zero attached hydrogens (tertiary/aromatic N) is 6. The predicted molar refractivity (Wildman–Crippen MR) is 101 cm³/mol. The van der Waals surface area contributed by atoms with Crippen LogP contribution in [0, 0.1) is 0 Å². The number of amides is 1. The van der Waals surface area contributed by atoms with Crippen LogP contribution in [0.2, 0.25) is 0 Å². The zero-order valence-electron chi connectivity index (χ0n) is 14.4. The van der Waals surface area contributed by atoms with Gasteiger partial charge in [0.25, 0.3) is 5.91 Å². The van der Waals surface area contributed by atoms with Crippen LogP contribution in [-0.4, -0.2) is 35.7 Å². The van der Waals surface area contributed by atoms with Gasteiger partial charge >= 0.3 is 0 Å². The lowest BCUT2D eigenvalue weighted by Gasteiger charge is -2.10. The van der Waals surface area contributed by atoms with E-state index in [2.05, 4.69) is 25.8 Å². The summed E-state index contributed by atoms with van der Waals surface area (Å²) < 4.78 is 3.41. The second kappa shape index (κ2) is 7.42. The first-order chi connectivity index (χ1) is 13.2. The van der Waals surface area contributed by atoms with E-state index < -0.39 is 0 Å². The van der Waals surface area contributed by atoms with Gasteiger partial charge in [0.2, 0.25) is 0 Å². The molecule has 0 radical (unpaired) electrons. The van der Waals surface area contributed by atoms with E-state index in [4.69, 9.17) is 0 Å². The Hall–Kier alpha value is -3.46. The number of aryl methyl sites for hydroxylation is 1. The number of para-hydroxylation sites is 1. The molecule has 134 valence electrons. The number of rotatable bonds is 5. The zero-order chi connectivity index (χ0) is 18.6. The van der Waals surface area contributed by atoms with Crippen molar-refractivity contribution in [2.45, 2.75) is 10.1 Å². The average molecular weight is 377 g/mol. The lowest BCUT2D eigenvalue weighted by molar-refractivity contribution is 0.102. The van der Waals surface area contributed by atoms with Gasteiger partial charge in [-0.3, -0.25) is 4.79 Å². The van der Waals surface area contributed by atoms with Crippen molar-refractivity contribution in [1.82, 2.24) is 29.8 Å². The van der Waals surface area contributed by atoms with Crippen molar-refractivity contribution >= 4 is 23.4 Å². The summed E-state index contributed by atoms with van der Waals surface area (Å²) in [7, 11) is 1.95. The van der Waals surface area contributed by atoms with Gasteiger partial charge in [0, 0.05) is 30.0 Å². The fourth-order valence-electron chi connectivity index (χ4n) is 2.50. The topological polar surface area (TPSA) is 90.5 Å². The lowest BCUT2D eigenvalue weighted by atomic mass is 10.1. The van der Waals surface area contributed by atoms with Crippen LogP contribution in [0.3, 0.4) is 0 Å². The molecule has 0 unspecified atom stereocenters. The van der Waals surface area contributed by atoms with Crippen LogP contribution >= 0.6 is 11.8 Å². The molecule has 2 heterocycles. The van der Waals surface area contributed by atoms with Crippen LogP contribution in [0.15, 0.2) is 77.3 Å². The molecule has 8 nitrogen and oxygen atoms in total. The van der Waals surface area contributed by atoms with Crippen molar-refractivity contribution in [2.24, 2.45) is 7.05 Å². The smallest absolute Gasteiger partial charge is 0.257 e. The summed E-state index contributed by atoms with van der Waals surface area (Å²) in [6.45, 7) is 0. The minimum absolute atomic E-state index is 0.231. The molecule has 4 rings (SSSR count). The number of nitrogens with one attached hydrogen (secondary N) is 1. The molecule has 0 aliphatic carbocycles. The summed E-state index contributed by atoms with van der Waals surface area (Å²) in [5.41, 5.74) is 1.80. The molecule has 0 bridgehead atoms. The third kappa shape index (κ3) is 3.72. The lowest BCUT2D eigenvalue weighted by Crippen LogP contribution is -2.15. The minimum Gasteiger partial charge on any atom is -0.329 e. The van der Waals surface area contributed by atoms with Gasteiger partial charge in [0.1, 0.15) is 6.33 Å². The number of hydrogen-bond acceptors (Lipinski definition) is 6. The SMILES string of the molecule is Cn1ccnc1Sc1ccc(NC(=O)c2ccccc2-n2cnnn2)cc1. The van der Waals surface area contributed by atoms with E-state index in [-0.39, 0.29) is 5.91 Å². The highest BCUT2D eigenvalue weighted by molar-refractivity contribution is 7.99. The van der Waals surface area contributed by atoms with Crippen molar-refractivity contribution in [1.29, 1.82) is 0 Å². The Morgan fingerprint density at radius 2 is 1.93 bits per heavy atom. The van der Waals surface area contributed by atoms with Gasteiger partial charge in [-0.15, -0.1) is 5.10 Å².